The van der Waals surface area contributed by atoms with Gasteiger partial charge in [0.1, 0.15) is 19.0 Å². The molecule has 0 aliphatic rings. The molecule has 0 aliphatic heterocycles. The summed E-state index contributed by atoms with van der Waals surface area (Å²) in [5, 5.41) is 0. The zero-order valence-corrected chi connectivity index (χ0v) is 11.6. The van der Waals surface area contributed by atoms with Gasteiger partial charge >= 0.3 is 5.97 Å². The molecule has 0 amide bonds. The van der Waals surface area contributed by atoms with E-state index in [1.54, 1.807) is 0 Å². The lowest BCUT2D eigenvalue weighted by atomic mass is 10.3. The van der Waals surface area contributed by atoms with Crippen molar-refractivity contribution in [1.29, 1.82) is 0 Å². The Morgan fingerprint density at radius 2 is 1.94 bits per heavy atom. The summed E-state index contributed by atoms with van der Waals surface area (Å²) in [7, 11) is 0. The zero-order valence-electron chi connectivity index (χ0n) is 8.41. The van der Waals surface area contributed by atoms with Crippen LogP contribution in [0.5, 0.6) is 5.75 Å². The van der Waals surface area contributed by atoms with Gasteiger partial charge in [0.2, 0.25) is 0 Å². The van der Waals surface area contributed by atoms with Crippen LogP contribution in [-0.2, 0) is 9.53 Å². The molecule has 0 bridgehead atoms. The lowest BCUT2D eigenvalue weighted by molar-refractivity contribution is -0.138. The summed E-state index contributed by atoms with van der Waals surface area (Å²) < 4.78 is 11.9. The molecular weight excluding hydrogens is 340 g/mol. The van der Waals surface area contributed by atoms with E-state index in [0.717, 1.165) is 15.0 Å². The molecule has 0 spiro atoms. The number of para-hydroxylation sites is 1. The topological polar surface area (TPSA) is 35.5 Å². The summed E-state index contributed by atoms with van der Waals surface area (Å²) in [4.78, 5) is 10.7. The van der Waals surface area contributed by atoms with E-state index in [0.29, 0.717) is 12.4 Å². The van der Waals surface area contributed by atoms with Crippen LogP contribution >= 0.6 is 31.9 Å². The first kappa shape index (κ1) is 13.3. The fourth-order valence-corrected chi connectivity index (χ4v) is 2.19. The zero-order chi connectivity index (χ0) is 12.0. The maximum Gasteiger partial charge on any atom is 0.330 e. The molecule has 0 radical (unpaired) electrons. The fourth-order valence-electron chi connectivity index (χ4n) is 0.965. The average molecular weight is 350 g/mol. The maximum absolute atomic E-state index is 10.7. The highest BCUT2D eigenvalue weighted by molar-refractivity contribution is 9.11. The van der Waals surface area contributed by atoms with E-state index in [1.165, 1.54) is 0 Å². The highest BCUT2D eigenvalue weighted by atomic mass is 79.9. The number of rotatable bonds is 5. The van der Waals surface area contributed by atoms with E-state index in [9.17, 15) is 4.79 Å². The number of hydrogen-bond donors (Lipinski definition) is 0. The Kier molecular flexibility index (Phi) is 5.55. The monoisotopic (exact) mass is 348 g/mol. The van der Waals surface area contributed by atoms with Crippen LogP contribution in [-0.4, -0.2) is 19.2 Å². The second-order valence-corrected chi connectivity index (χ2v) is 4.48. The third-order valence-corrected chi connectivity index (χ3v) is 2.91. The molecule has 16 heavy (non-hydrogen) atoms. The van der Waals surface area contributed by atoms with E-state index in [-0.39, 0.29) is 6.61 Å². The van der Waals surface area contributed by atoms with Gasteiger partial charge in [0, 0.05) is 6.08 Å². The SMILES string of the molecule is C=CC(=O)OCCOc1c(Br)cccc1Br. The molecule has 0 fully saturated rings. The van der Waals surface area contributed by atoms with Crippen molar-refractivity contribution in [2.75, 3.05) is 13.2 Å². The van der Waals surface area contributed by atoms with Crippen LogP contribution in [0.2, 0.25) is 0 Å². The first-order chi connectivity index (χ1) is 7.65. The van der Waals surface area contributed by atoms with Crippen LogP contribution < -0.4 is 4.74 Å². The normalized spacial score (nSPS) is 9.62. The highest BCUT2D eigenvalue weighted by Gasteiger charge is 2.05. The first-order valence-corrected chi connectivity index (χ1v) is 6.09. The molecule has 1 rings (SSSR count). The quantitative estimate of drug-likeness (QED) is 0.464. The lowest BCUT2D eigenvalue weighted by Gasteiger charge is -2.09. The predicted molar refractivity (Wildman–Crippen MR) is 68.5 cm³/mol. The van der Waals surface area contributed by atoms with Crippen molar-refractivity contribution in [1.82, 2.24) is 0 Å². The summed E-state index contributed by atoms with van der Waals surface area (Å²) in [5.41, 5.74) is 0. The van der Waals surface area contributed by atoms with Crippen molar-refractivity contribution in [2.45, 2.75) is 0 Å². The Morgan fingerprint density at radius 1 is 1.31 bits per heavy atom. The number of esters is 1. The van der Waals surface area contributed by atoms with Crippen LogP contribution in [0.15, 0.2) is 39.8 Å². The second kappa shape index (κ2) is 6.70. The van der Waals surface area contributed by atoms with Crippen molar-refractivity contribution >= 4 is 37.8 Å². The third-order valence-electron chi connectivity index (χ3n) is 1.66. The van der Waals surface area contributed by atoms with Crippen LogP contribution in [0.1, 0.15) is 0 Å². The number of benzene rings is 1. The Balaban J connectivity index is 2.43. The van der Waals surface area contributed by atoms with Gasteiger partial charge in [-0.25, -0.2) is 4.79 Å². The van der Waals surface area contributed by atoms with Gasteiger partial charge in [-0.3, -0.25) is 0 Å². The Morgan fingerprint density at radius 3 is 2.50 bits per heavy atom. The van der Waals surface area contributed by atoms with Crippen LogP contribution in [0.25, 0.3) is 0 Å². The maximum atomic E-state index is 10.7. The number of ether oxygens (including phenoxy) is 2. The number of carbonyl (C=O) groups is 1. The molecular formula is C11H10Br2O3. The molecule has 0 aromatic heterocycles. The summed E-state index contributed by atoms with van der Waals surface area (Å²) in [5.74, 6) is 0.243. The molecule has 1 aromatic carbocycles. The third kappa shape index (κ3) is 3.98. The molecule has 1 aromatic rings. The number of carbonyl (C=O) groups excluding carboxylic acids is 1. The minimum absolute atomic E-state index is 0.193. The standard InChI is InChI=1S/C11H10Br2O3/c1-2-10(14)15-6-7-16-11-8(12)4-3-5-9(11)13/h2-5H,1,6-7H2. The van der Waals surface area contributed by atoms with Crippen molar-refractivity contribution in [3.8, 4) is 5.75 Å². The van der Waals surface area contributed by atoms with Crippen LogP contribution in [0, 0.1) is 0 Å². The van der Waals surface area contributed by atoms with Crippen molar-refractivity contribution in [3.63, 3.8) is 0 Å². The first-order valence-electron chi connectivity index (χ1n) is 4.51. The van der Waals surface area contributed by atoms with Crippen molar-refractivity contribution < 1.29 is 14.3 Å². The van der Waals surface area contributed by atoms with E-state index in [4.69, 9.17) is 9.47 Å². The molecule has 0 unspecified atom stereocenters. The van der Waals surface area contributed by atoms with E-state index >= 15 is 0 Å². The predicted octanol–water partition coefficient (Wildman–Crippen LogP) is 3.32. The van der Waals surface area contributed by atoms with Gasteiger partial charge in [0.05, 0.1) is 8.95 Å². The fraction of sp³-hybridized carbons (Fsp3) is 0.182. The minimum atomic E-state index is -0.449. The molecule has 0 saturated carbocycles. The minimum Gasteiger partial charge on any atom is -0.488 e. The Bertz CT molecular complexity index is 371. The molecule has 0 N–H and O–H groups in total. The highest BCUT2D eigenvalue weighted by Crippen LogP contribution is 2.32. The summed E-state index contributed by atoms with van der Waals surface area (Å²) in [6.45, 7) is 3.78. The lowest BCUT2D eigenvalue weighted by Crippen LogP contribution is -2.10. The van der Waals surface area contributed by atoms with Gasteiger partial charge in [-0.1, -0.05) is 12.6 Å². The number of hydrogen-bond acceptors (Lipinski definition) is 3. The van der Waals surface area contributed by atoms with E-state index in [1.807, 2.05) is 18.2 Å². The van der Waals surface area contributed by atoms with Crippen LogP contribution in [0.4, 0.5) is 0 Å². The molecule has 0 heterocycles. The summed E-state index contributed by atoms with van der Waals surface area (Å²) in [6.07, 6.45) is 1.12. The van der Waals surface area contributed by atoms with Gasteiger partial charge < -0.3 is 9.47 Å². The molecule has 0 aliphatic carbocycles. The largest absolute Gasteiger partial charge is 0.488 e. The van der Waals surface area contributed by atoms with E-state index in [2.05, 4.69) is 38.4 Å². The number of halogens is 2. The van der Waals surface area contributed by atoms with Gasteiger partial charge in [-0.2, -0.15) is 0 Å². The molecule has 0 saturated heterocycles. The van der Waals surface area contributed by atoms with Gasteiger partial charge in [0.15, 0.2) is 0 Å². The second-order valence-electron chi connectivity index (χ2n) is 2.77. The molecule has 3 nitrogen and oxygen atoms in total. The average Bonchev–Trinajstić information content (AvgIpc) is 2.27. The molecule has 86 valence electrons. The Hall–Kier alpha value is -0.810. The Labute approximate surface area is 111 Å². The molecule has 0 atom stereocenters. The molecule has 5 heteroatoms. The summed E-state index contributed by atoms with van der Waals surface area (Å²) in [6, 6.07) is 5.63. The van der Waals surface area contributed by atoms with Crippen LogP contribution in [0.3, 0.4) is 0 Å². The van der Waals surface area contributed by atoms with Gasteiger partial charge in [0.25, 0.3) is 0 Å². The van der Waals surface area contributed by atoms with Crippen molar-refractivity contribution in [3.05, 3.63) is 39.8 Å². The summed E-state index contributed by atoms with van der Waals surface area (Å²) >= 11 is 6.73. The van der Waals surface area contributed by atoms with Gasteiger partial charge in [-0.15, -0.1) is 0 Å². The van der Waals surface area contributed by atoms with E-state index < -0.39 is 5.97 Å². The van der Waals surface area contributed by atoms with Crippen molar-refractivity contribution in [2.24, 2.45) is 0 Å². The van der Waals surface area contributed by atoms with Gasteiger partial charge in [-0.05, 0) is 44.0 Å². The smallest absolute Gasteiger partial charge is 0.330 e.